The maximum atomic E-state index is 12.1. The molecule has 2 fully saturated rings. The van der Waals surface area contributed by atoms with Gasteiger partial charge in [0.25, 0.3) is 0 Å². The first-order valence-electron chi connectivity index (χ1n) is 7.57. The highest BCUT2D eigenvalue weighted by molar-refractivity contribution is 8.21. The molecule has 2 aliphatic rings. The van der Waals surface area contributed by atoms with E-state index in [1.807, 2.05) is 36.0 Å². The van der Waals surface area contributed by atoms with Crippen LogP contribution in [0.4, 0.5) is 11.4 Å². The van der Waals surface area contributed by atoms with Gasteiger partial charge in [-0.15, -0.1) is 0 Å². The third-order valence-electron chi connectivity index (χ3n) is 3.83. The molecule has 2 heterocycles. The van der Waals surface area contributed by atoms with Crippen molar-refractivity contribution in [2.45, 2.75) is 0 Å². The van der Waals surface area contributed by atoms with Crippen LogP contribution in [0, 0.1) is 0 Å². The smallest absolute Gasteiger partial charge is 0.238 e. The summed E-state index contributed by atoms with van der Waals surface area (Å²) in [6, 6.07) is 8.10. The molecule has 2 aliphatic heterocycles. The molecule has 0 unspecified atom stereocenters. The molecule has 1 amide bonds. The van der Waals surface area contributed by atoms with Crippen LogP contribution >= 0.6 is 23.9 Å². The molecular formula is C15H22N4OS2. The van der Waals surface area contributed by atoms with Crippen LogP contribution in [0.25, 0.3) is 0 Å². The maximum absolute atomic E-state index is 12.1. The highest BCUT2D eigenvalue weighted by atomic mass is 32.2. The number of nitrogens with zero attached hydrogens (tertiary/aromatic N) is 3. The van der Waals surface area contributed by atoms with Gasteiger partial charge in [0, 0.05) is 43.4 Å². The van der Waals surface area contributed by atoms with E-state index in [4.69, 9.17) is 0 Å². The summed E-state index contributed by atoms with van der Waals surface area (Å²) in [4.78, 5) is 16.6. The lowest BCUT2D eigenvalue weighted by Gasteiger charge is -2.31. The molecular weight excluding hydrogens is 316 g/mol. The Hall–Kier alpha value is -0.890. The predicted molar refractivity (Wildman–Crippen MR) is 96.4 cm³/mol. The first-order valence-corrected chi connectivity index (χ1v) is 9.46. The largest absolute Gasteiger partial charge is 0.325 e. The number of carbonyl (C=O) groups excluding carboxylic acids is 1. The van der Waals surface area contributed by atoms with E-state index in [1.165, 1.54) is 5.69 Å². The van der Waals surface area contributed by atoms with E-state index in [-0.39, 0.29) is 5.91 Å². The van der Waals surface area contributed by atoms with Crippen LogP contribution in [0.3, 0.4) is 0 Å². The van der Waals surface area contributed by atoms with Gasteiger partial charge in [-0.05, 0) is 55.2 Å². The third-order valence-corrected chi connectivity index (χ3v) is 6.38. The summed E-state index contributed by atoms with van der Waals surface area (Å²) in [5.74, 6) is 2.39. The van der Waals surface area contributed by atoms with Crippen LogP contribution in [0.5, 0.6) is 0 Å². The molecule has 22 heavy (non-hydrogen) atoms. The third kappa shape index (κ3) is 4.32. The fourth-order valence-electron chi connectivity index (χ4n) is 2.50. The molecule has 3 rings (SSSR count). The number of piperazine rings is 1. The summed E-state index contributed by atoms with van der Waals surface area (Å²) >= 11 is 3.67. The molecule has 120 valence electrons. The quantitative estimate of drug-likeness (QED) is 0.847. The minimum atomic E-state index is 0.0715. The number of hydrogen-bond donors (Lipinski definition) is 1. The molecule has 1 aromatic carbocycles. The van der Waals surface area contributed by atoms with E-state index < -0.39 is 0 Å². The predicted octanol–water partition coefficient (Wildman–Crippen LogP) is 1.99. The Morgan fingerprint density at radius 3 is 2.36 bits per heavy atom. The Morgan fingerprint density at radius 2 is 1.73 bits per heavy atom. The zero-order valence-corrected chi connectivity index (χ0v) is 14.5. The van der Waals surface area contributed by atoms with Gasteiger partial charge in [0.1, 0.15) is 0 Å². The molecule has 0 spiro atoms. The van der Waals surface area contributed by atoms with Gasteiger partial charge >= 0.3 is 0 Å². The average molecular weight is 339 g/mol. The SMILES string of the molecule is CN1CCN(CC(=O)Nc2ccc(N3SCCS3)cc2)CC1. The van der Waals surface area contributed by atoms with Crippen LogP contribution < -0.4 is 9.03 Å². The molecule has 0 aromatic heterocycles. The second kappa shape index (κ2) is 7.59. The van der Waals surface area contributed by atoms with Crippen molar-refractivity contribution in [1.29, 1.82) is 0 Å². The van der Waals surface area contributed by atoms with E-state index in [2.05, 4.69) is 38.0 Å². The molecule has 1 aromatic rings. The molecule has 7 heteroatoms. The summed E-state index contributed by atoms with van der Waals surface area (Å²) in [5.41, 5.74) is 2.06. The van der Waals surface area contributed by atoms with Gasteiger partial charge in [-0.2, -0.15) is 0 Å². The van der Waals surface area contributed by atoms with Gasteiger partial charge in [-0.25, -0.2) is 0 Å². The van der Waals surface area contributed by atoms with Crippen LogP contribution in [0.2, 0.25) is 0 Å². The standard InChI is InChI=1S/C15H22N4OS2/c1-17-6-8-18(9-7-17)12-15(20)16-13-2-4-14(5-3-13)19-21-10-11-22-19/h2-5H,6-12H2,1H3,(H,16,20). The van der Waals surface area contributed by atoms with Crippen molar-refractivity contribution in [3.05, 3.63) is 24.3 Å². The molecule has 5 nitrogen and oxygen atoms in total. The van der Waals surface area contributed by atoms with Gasteiger partial charge in [0.15, 0.2) is 0 Å². The second-order valence-electron chi connectivity index (χ2n) is 5.60. The number of nitrogens with one attached hydrogen (secondary N) is 1. The molecule has 1 N–H and O–H groups in total. The average Bonchev–Trinajstić information content (AvgIpc) is 3.05. The topological polar surface area (TPSA) is 38.8 Å². The Labute approximate surface area is 140 Å². The van der Waals surface area contributed by atoms with Gasteiger partial charge < -0.3 is 10.2 Å². The summed E-state index contributed by atoms with van der Waals surface area (Å²) < 4.78 is 2.23. The molecule has 0 saturated carbocycles. The fraction of sp³-hybridized carbons (Fsp3) is 0.533. The monoisotopic (exact) mass is 338 g/mol. The van der Waals surface area contributed by atoms with E-state index in [9.17, 15) is 4.79 Å². The number of amides is 1. The first-order chi connectivity index (χ1) is 10.7. The number of rotatable bonds is 4. The van der Waals surface area contributed by atoms with E-state index >= 15 is 0 Å². The number of benzene rings is 1. The van der Waals surface area contributed by atoms with Crippen molar-refractivity contribution in [3.8, 4) is 0 Å². The minimum absolute atomic E-state index is 0.0715. The van der Waals surface area contributed by atoms with Gasteiger partial charge in [0.2, 0.25) is 5.91 Å². The fourth-order valence-corrected chi connectivity index (χ4v) is 4.72. The summed E-state index contributed by atoms with van der Waals surface area (Å²) in [5, 5.41) is 2.99. The van der Waals surface area contributed by atoms with Gasteiger partial charge in [-0.1, -0.05) is 0 Å². The lowest BCUT2D eigenvalue weighted by Crippen LogP contribution is -2.47. The van der Waals surface area contributed by atoms with Crippen molar-refractivity contribution in [3.63, 3.8) is 0 Å². The highest BCUT2D eigenvalue weighted by Gasteiger charge is 2.17. The lowest BCUT2D eigenvalue weighted by atomic mass is 10.3. The Morgan fingerprint density at radius 1 is 1.09 bits per heavy atom. The number of hydrogen-bond acceptors (Lipinski definition) is 6. The Kier molecular flexibility index (Phi) is 5.51. The lowest BCUT2D eigenvalue weighted by molar-refractivity contribution is -0.117. The van der Waals surface area contributed by atoms with Gasteiger partial charge in [0.05, 0.1) is 12.2 Å². The maximum Gasteiger partial charge on any atom is 0.238 e. The van der Waals surface area contributed by atoms with E-state index in [1.54, 1.807) is 0 Å². The molecule has 0 aliphatic carbocycles. The summed E-state index contributed by atoms with van der Waals surface area (Å²) in [6.45, 7) is 4.48. The van der Waals surface area contributed by atoms with Crippen molar-refractivity contribution in [2.75, 3.05) is 60.3 Å². The Bertz CT molecular complexity index is 497. The number of anilines is 2. The van der Waals surface area contributed by atoms with E-state index in [0.29, 0.717) is 6.54 Å². The van der Waals surface area contributed by atoms with Crippen molar-refractivity contribution < 1.29 is 4.79 Å². The van der Waals surface area contributed by atoms with Crippen LogP contribution in [0.1, 0.15) is 0 Å². The molecule has 0 atom stereocenters. The molecule has 2 saturated heterocycles. The zero-order valence-electron chi connectivity index (χ0n) is 12.8. The first kappa shape index (κ1) is 16.0. The number of carbonyl (C=O) groups is 1. The molecule has 0 bridgehead atoms. The molecule has 0 radical (unpaired) electrons. The van der Waals surface area contributed by atoms with Crippen molar-refractivity contribution in [2.24, 2.45) is 0 Å². The second-order valence-corrected chi connectivity index (χ2v) is 7.89. The zero-order chi connectivity index (χ0) is 15.4. The summed E-state index contributed by atoms with van der Waals surface area (Å²) in [6.07, 6.45) is 0. The van der Waals surface area contributed by atoms with Crippen LogP contribution in [-0.4, -0.2) is 67.0 Å². The highest BCUT2D eigenvalue weighted by Crippen LogP contribution is 2.36. The van der Waals surface area contributed by atoms with E-state index in [0.717, 1.165) is 43.4 Å². The van der Waals surface area contributed by atoms with Crippen LogP contribution in [-0.2, 0) is 4.79 Å². The Balaban J connectivity index is 1.48. The van der Waals surface area contributed by atoms with Gasteiger partial charge in [-0.3, -0.25) is 13.4 Å². The van der Waals surface area contributed by atoms with Crippen molar-refractivity contribution in [1.82, 2.24) is 9.80 Å². The summed E-state index contributed by atoms with van der Waals surface area (Å²) in [7, 11) is 2.12. The normalized spacial score (nSPS) is 20.3. The minimum Gasteiger partial charge on any atom is -0.325 e. The number of likely N-dealkylation sites (N-methyl/N-ethyl adjacent to an activating group) is 1. The van der Waals surface area contributed by atoms with Crippen LogP contribution in [0.15, 0.2) is 24.3 Å². The van der Waals surface area contributed by atoms with Crippen molar-refractivity contribution >= 4 is 41.2 Å².